The Bertz CT molecular complexity index is 889. The summed E-state index contributed by atoms with van der Waals surface area (Å²) in [7, 11) is 0. The second kappa shape index (κ2) is 8.08. The standard InChI is InChI=1S/C21H22N4O2S/c1-21(2)15(12-22)18(26)24-19(16(21)13-23)28-17(14-8-4-3-5-9-14)20(27)25-10-6-7-11-25/h3-5,8-9,15,17H,6-7,10-11H2,1-2H3,(H,24,26)/t15-,17+/m1/s1. The predicted molar refractivity (Wildman–Crippen MR) is 106 cm³/mol. The highest BCUT2D eigenvalue weighted by Crippen LogP contribution is 2.45. The van der Waals surface area contributed by atoms with E-state index < -0.39 is 22.5 Å². The predicted octanol–water partition coefficient (Wildman–Crippen LogP) is 3.11. The first-order chi connectivity index (χ1) is 13.4. The largest absolute Gasteiger partial charge is 0.341 e. The average Bonchev–Trinajstić information content (AvgIpc) is 3.20. The van der Waals surface area contributed by atoms with Crippen LogP contribution in [0.4, 0.5) is 0 Å². The third kappa shape index (κ3) is 3.63. The van der Waals surface area contributed by atoms with Crippen LogP contribution >= 0.6 is 11.8 Å². The van der Waals surface area contributed by atoms with Gasteiger partial charge in [-0.25, -0.2) is 0 Å². The minimum Gasteiger partial charge on any atom is -0.341 e. The molecule has 0 radical (unpaired) electrons. The maximum atomic E-state index is 13.2. The molecule has 2 aliphatic heterocycles. The van der Waals surface area contributed by atoms with E-state index in [4.69, 9.17) is 0 Å². The molecule has 0 aliphatic carbocycles. The summed E-state index contributed by atoms with van der Waals surface area (Å²) in [6.07, 6.45) is 1.97. The van der Waals surface area contributed by atoms with Crippen molar-refractivity contribution in [3.63, 3.8) is 0 Å². The highest BCUT2D eigenvalue weighted by Gasteiger charge is 2.45. The van der Waals surface area contributed by atoms with E-state index in [1.54, 1.807) is 13.8 Å². The van der Waals surface area contributed by atoms with Crippen LogP contribution < -0.4 is 5.32 Å². The van der Waals surface area contributed by atoms with Gasteiger partial charge >= 0.3 is 0 Å². The second-order valence-corrected chi connectivity index (χ2v) is 8.65. The summed E-state index contributed by atoms with van der Waals surface area (Å²) < 4.78 is 0. The molecule has 2 amide bonds. The zero-order valence-corrected chi connectivity index (χ0v) is 16.8. The number of nitriles is 2. The summed E-state index contributed by atoms with van der Waals surface area (Å²) in [5.74, 6) is -1.40. The van der Waals surface area contributed by atoms with Crippen molar-refractivity contribution in [2.24, 2.45) is 11.3 Å². The minimum atomic E-state index is -0.948. The normalized spacial score (nSPS) is 22.2. The molecule has 3 rings (SSSR count). The molecule has 0 unspecified atom stereocenters. The summed E-state index contributed by atoms with van der Waals surface area (Å²) in [5, 5.41) is 21.6. The van der Waals surface area contributed by atoms with Gasteiger partial charge in [-0.3, -0.25) is 9.59 Å². The number of carbonyl (C=O) groups excluding carboxylic acids is 2. The van der Waals surface area contributed by atoms with E-state index in [1.807, 2.05) is 41.3 Å². The van der Waals surface area contributed by atoms with Crippen molar-refractivity contribution < 1.29 is 9.59 Å². The molecule has 2 aliphatic rings. The molecule has 6 nitrogen and oxygen atoms in total. The Morgan fingerprint density at radius 1 is 1.25 bits per heavy atom. The fraction of sp³-hybridized carbons (Fsp3) is 0.429. The lowest BCUT2D eigenvalue weighted by molar-refractivity contribution is -0.129. The second-order valence-electron chi connectivity index (χ2n) is 7.53. The Morgan fingerprint density at radius 2 is 1.89 bits per heavy atom. The number of hydrogen-bond acceptors (Lipinski definition) is 5. The number of carbonyl (C=O) groups is 2. The number of thioether (sulfide) groups is 1. The molecular weight excluding hydrogens is 372 g/mol. The van der Waals surface area contributed by atoms with Gasteiger partial charge in [0.25, 0.3) is 0 Å². The van der Waals surface area contributed by atoms with Crippen LogP contribution in [0.3, 0.4) is 0 Å². The number of hydrogen-bond donors (Lipinski definition) is 1. The molecule has 2 atom stereocenters. The molecule has 1 saturated heterocycles. The molecule has 0 spiro atoms. The molecule has 0 bridgehead atoms. The van der Waals surface area contributed by atoms with Crippen LogP contribution in [-0.4, -0.2) is 29.8 Å². The van der Waals surface area contributed by atoms with Crippen LogP contribution in [0.2, 0.25) is 0 Å². The van der Waals surface area contributed by atoms with Gasteiger partial charge in [-0.15, -0.1) is 0 Å². The number of rotatable bonds is 4. The van der Waals surface area contributed by atoms with Crippen molar-refractivity contribution in [2.75, 3.05) is 13.1 Å². The maximum absolute atomic E-state index is 13.2. The lowest BCUT2D eigenvalue weighted by Crippen LogP contribution is -2.45. The summed E-state index contributed by atoms with van der Waals surface area (Å²) >= 11 is 1.19. The van der Waals surface area contributed by atoms with Gasteiger partial charge < -0.3 is 10.2 Å². The van der Waals surface area contributed by atoms with Crippen LogP contribution in [0.5, 0.6) is 0 Å². The summed E-state index contributed by atoms with van der Waals surface area (Å²) in [6, 6.07) is 13.5. The first kappa shape index (κ1) is 20.0. The van der Waals surface area contributed by atoms with Crippen LogP contribution in [0.25, 0.3) is 0 Å². The van der Waals surface area contributed by atoms with Crippen LogP contribution in [0.15, 0.2) is 40.9 Å². The van der Waals surface area contributed by atoms with E-state index >= 15 is 0 Å². The van der Waals surface area contributed by atoms with E-state index in [9.17, 15) is 20.1 Å². The third-order valence-electron chi connectivity index (χ3n) is 5.31. The van der Waals surface area contributed by atoms with Crippen molar-refractivity contribution in [2.45, 2.75) is 31.9 Å². The fourth-order valence-electron chi connectivity index (χ4n) is 3.62. The zero-order chi connectivity index (χ0) is 20.3. The Labute approximate surface area is 169 Å². The Kier molecular flexibility index (Phi) is 5.76. The molecular formula is C21H22N4O2S. The van der Waals surface area contributed by atoms with Gasteiger partial charge in [0.2, 0.25) is 11.8 Å². The van der Waals surface area contributed by atoms with E-state index in [0.717, 1.165) is 31.5 Å². The molecule has 1 aromatic carbocycles. The molecule has 144 valence electrons. The van der Waals surface area contributed by atoms with Crippen LogP contribution in [0, 0.1) is 34.0 Å². The molecule has 28 heavy (non-hydrogen) atoms. The van der Waals surface area contributed by atoms with E-state index in [-0.39, 0.29) is 5.91 Å². The molecule has 2 heterocycles. The van der Waals surface area contributed by atoms with Crippen molar-refractivity contribution in [3.05, 3.63) is 46.5 Å². The first-order valence-corrected chi connectivity index (χ1v) is 10.1. The van der Waals surface area contributed by atoms with E-state index in [2.05, 4.69) is 11.4 Å². The third-order valence-corrected chi connectivity index (χ3v) is 6.56. The van der Waals surface area contributed by atoms with Crippen molar-refractivity contribution in [3.8, 4) is 12.1 Å². The Morgan fingerprint density at radius 3 is 2.46 bits per heavy atom. The molecule has 0 aromatic heterocycles. The van der Waals surface area contributed by atoms with Crippen molar-refractivity contribution >= 4 is 23.6 Å². The monoisotopic (exact) mass is 394 g/mol. The first-order valence-electron chi connectivity index (χ1n) is 9.26. The van der Waals surface area contributed by atoms with E-state index in [0.29, 0.717) is 10.6 Å². The SMILES string of the molecule is CC1(C)C(C#N)=C(S[C@H](C(=O)N2CCCC2)c2ccccc2)NC(=O)[C@H]1C#N. The molecule has 1 N–H and O–H groups in total. The quantitative estimate of drug-likeness (QED) is 0.846. The van der Waals surface area contributed by atoms with Crippen molar-refractivity contribution in [1.29, 1.82) is 10.5 Å². The number of allylic oxidation sites excluding steroid dienone is 1. The molecule has 0 saturated carbocycles. The molecule has 1 fully saturated rings. The maximum Gasteiger partial charge on any atom is 0.243 e. The summed E-state index contributed by atoms with van der Waals surface area (Å²) in [6.45, 7) is 4.89. The average molecular weight is 394 g/mol. The highest BCUT2D eigenvalue weighted by atomic mass is 32.2. The van der Waals surface area contributed by atoms with Crippen LogP contribution in [0.1, 0.15) is 37.5 Å². The van der Waals surface area contributed by atoms with Gasteiger partial charge in [0, 0.05) is 18.5 Å². The Hall–Kier alpha value is -2.77. The topological polar surface area (TPSA) is 97.0 Å². The lowest BCUT2D eigenvalue weighted by Gasteiger charge is -2.35. The zero-order valence-electron chi connectivity index (χ0n) is 15.9. The minimum absolute atomic E-state index is 0.0204. The van der Waals surface area contributed by atoms with Crippen LogP contribution in [-0.2, 0) is 9.59 Å². The number of benzene rings is 1. The van der Waals surface area contributed by atoms with Gasteiger partial charge in [-0.1, -0.05) is 55.9 Å². The van der Waals surface area contributed by atoms with Gasteiger partial charge in [0.15, 0.2) is 0 Å². The lowest BCUT2D eigenvalue weighted by atomic mass is 9.72. The smallest absolute Gasteiger partial charge is 0.243 e. The Balaban J connectivity index is 2.01. The number of likely N-dealkylation sites (tertiary alicyclic amines) is 1. The van der Waals surface area contributed by atoms with Gasteiger partial charge in [0.05, 0.1) is 22.7 Å². The number of amides is 2. The highest BCUT2D eigenvalue weighted by molar-refractivity contribution is 8.03. The van der Waals surface area contributed by atoms with Crippen molar-refractivity contribution in [1.82, 2.24) is 10.2 Å². The molecule has 7 heteroatoms. The summed E-state index contributed by atoms with van der Waals surface area (Å²) in [5.41, 5.74) is 0.231. The fourth-order valence-corrected chi connectivity index (χ4v) is 4.99. The van der Waals surface area contributed by atoms with E-state index in [1.165, 1.54) is 11.8 Å². The summed E-state index contributed by atoms with van der Waals surface area (Å²) in [4.78, 5) is 27.5. The number of nitrogens with zero attached hydrogens (tertiary/aromatic N) is 3. The van der Waals surface area contributed by atoms with Gasteiger partial charge in [0.1, 0.15) is 11.2 Å². The number of nitrogens with one attached hydrogen (secondary N) is 1. The molecule has 1 aromatic rings. The van der Waals surface area contributed by atoms with Gasteiger partial charge in [-0.05, 0) is 18.4 Å². The van der Waals surface area contributed by atoms with Gasteiger partial charge in [-0.2, -0.15) is 10.5 Å².